The molecule has 0 bridgehead atoms. The van der Waals surface area contributed by atoms with Crippen LogP contribution in [0.5, 0.6) is 0 Å². The van der Waals surface area contributed by atoms with Crippen molar-refractivity contribution >= 4 is 12.1 Å². The maximum absolute atomic E-state index is 11.8. The van der Waals surface area contributed by atoms with Crippen LogP contribution < -0.4 is 5.43 Å². The van der Waals surface area contributed by atoms with E-state index in [0.717, 1.165) is 16.7 Å². The zero-order chi connectivity index (χ0) is 14.5. The first-order valence-electron chi connectivity index (χ1n) is 6.39. The molecular weight excluding hydrogens is 250 g/mol. The van der Waals surface area contributed by atoms with Crippen LogP contribution in [0.3, 0.4) is 0 Å². The Morgan fingerprint density at radius 1 is 1.25 bits per heavy atom. The van der Waals surface area contributed by atoms with Gasteiger partial charge in [-0.05, 0) is 44.0 Å². The van der Waals surface area contributed by atoms with Gasteiger partial charge < -0.3 is 0 Å². The highest BCUT2D eigenvalue weighted by molar-refractivity contribution is 5.94. The number of hydrogen-bond donors (Lipinski definition) is 1. The van der Waals surface area contributed by atoms with Crippen molar-refractivity contribution in [3.05, 3.63) is 64.5 Å². The molecule has 0 saturated heterocycles. The molecule has 1 aromatic carbocycles. The molecule has 1 amide bonds. The van der Waals surface area contributed by atoms with Gasteiger partial charge in [0.05, 0.1) is 11.8 Å². The second-order valence-corrected chi connectivity index (χ2v) is 4.75. The number of nitrogens with zero attached hydrogens (tertiary/aromatic N) is 2. The Labute approximate surface area is 118 Å². The summed E-state index contributed by atoms with van der Waals surface area (Å²) < 4.78 is 0. The van der Waals surface area contributed by atoms with E-state index >= 15 is 0 Å². The van der Waals surface area contributed by atoms with Gasteiger partial charge in [-0.15, -0.1) is 0 Å². The highest BCUT2D eigenvalue weighted by Crippen LogP contribution is 2.14. The van der Waals surface area contributed by atoms with E-state index in [1.165, 1.54) is 11.8 Å². The van der Waals surface area contributed by atoms with E-state index in [-0.39, 0.29) is 5.91 Å². The third-order valence-electron chi connectivity index (χ3n) is 3.02. The first-order chi connectivity index (χ1) is 9.58. The lowest BCUT2D eigenvalue weighted by molar-refractivity contribution is 0.0955. The van der Waals surface area contributed by atoms with E-state index < -0.39 is 0 Å². The van der Waals surface area contributed by atoms with E-state index in [0.29, 0.717) is 5.56 Å². The standard InChI is InChI=1S/C16H17N3O/c1-11-7-12(2)15(13(3)8-11)10-18-19-16(20)14-5-4-6-17-9-14/h4-10H,1-3H3,(H,19,20)/b18-10-. The van der Waals surface area contributed by atoms with Gasteiger partial charge in [-0.25, -0.2) is 5.43 Å². The molecule has 1 aromatic heterocycles. The number of carbonyl (C=O) groups excluding carboxylic acids is 1. The van der Waals surface area contributed by atoms with Crippen molar-refractivity contribution < 1.29 is 4.79 Å². The van der Waals surface area contributed by atoms with Crippen LogP contribution in [-0.2, 0) is 0 Å². The molecular formula is C16H17N3O. The number of hydrogen-bond acceptors (Lipinski definition) is 3. The average molecular weight is 267 g/mol. The van der Waals surface area contributed by atoms with E-state index in [4.69, 9.17) is 0 Å². The topological polar surface area (TPSA) is 54.4 Å². The van der Waals surface area contributed by atoms with Crippen LogP contribution in [0.1, 0.15) is 32.6 Å². The normalized spacial score (nSPS) is 10.8. The summed E-state index contributed by atoms with van der Waals surface area (Å²) in [5.74, 6) is -0.267. The van der Waals surface area contributed by atoms with E-state index in [2.05, 4.69) is 34.6 Å². The summed E-state index contributed by atoms with van der Waals surface area (Å²) in [6, 6.07) is 7.60. The fourth-order valence-corrected chi connectivity index (χ4v) is 2.11. The number of carbonyl (C=O) groups is 1. The van der Waals surface area contributed by atoms with Crippen LogP contribution in [-0.4, -0.2) is 17.1 Å². The number of hydrazone groups is 1. The van der Waals surface area contributed by atoms with Crippen LogP contribution in [0, 0.1) is 20.8 Å². The first-order valence-corrected chi connectivity index (χ1v) is 6.39. The van der Waals surface area contributed by atoms with Gasteiger partial charge in [0.25, 0.3) is 5.91 Å². The van der Waals surface area contributed by atoms with Gasteiger partial charge in [0.2, 0.25) is 0 Å². The third-order valence-corrected chi connectivity index (χ3v) is 3.02. The number of nitrogens with one attached hydrogen (secondary N) is 1. The minimum Gasteiger partial charge on any atom is -0.267 e. The fraction of sp³-hybridized carbons (Fsp3) is 0.188. The van der Waals surface area contributed by atoms with Crippen molar-refractivity contribution in [1.29, 1.82) is 0 Å². The van der Waals surface area contributed by atoms with E-state index in [1.54, 1.807) is 24.5 Å². The Morgan fingerprint density at radius 3 is 2.55 bits per heavy atom. The van der Waals surface area contributed by atoms with Crippen molar-refractivity contribution in [1.82, 2.24) is 10.4 Å². The lowest BCUT2D eigenvalue weighted by Gasteiger charge is -2.06. The third kappa shape index (κ3) is 3.29. The number of amides is 1. The molecule has 0 fully saturated rings. The Morgan fingerprint density at radius 2 is 1.95 bits per heavy atom. The molecule has 102 valence electrons. The van der Waals surface area contributed by atoms with Crippen LogP contribution in [0.15, 0.2) is 41.8 Å². The Kier molecular flexibility index (Phi) is 4.25. The molecule has 4 nitrogen and oxygen atoms in total. The number of benzene rings is 1. The minimum atomic E-state index is -0.267. The van der Waals surface area contributed by atoms with Crippen LogP contribution in [0.4, 0.5) is 0 Å². The number of rotatable bonds is 3. The molecule has 4 heteroatoms. The van der Waals surface area contributed by atoms with E-state index in [9.17, 15) is 4.79 Å². The Balaban J connectivity index is 2.10. The van der Waals surface area contributed by atoms with Gasteiger partial charge in [-0.1, -0.05) is 17.7 Å². The molecule has 0 aliphatic carbocycles. The maximum Gasteiger partial charge on any atom is 0.272 e. The van der Waals surface area contributed by atoms with Crippen molar-refractivity contribution in [3.8, 4) is 0 Å². The number of pyridine rings is 1. The SMILES string of the molecule is Cc1cc(C)c(/C=N\NC(=O)c2cccnc2)c(C)c1. The first kappa shape index (κ1) is 13.9. The zero-order valence-corrected chi connectivity index (χ0v) is 11.8. The molecule has 0 spiro atoms. The predicted octanol–water partition coefficient (Wildman–Crippen LogP) is 2.77. The summed E-state index contributed by atoms with van der Waals surface area (Å²) in [5.41, 5.74) is 7.52. The fourth-order valence-electron chi connectivity index (χ4n) is 2.11. The van der Waals surface area contributed by atoms with Gasteiger partial charge in [-0.2, -0.15) is 5.10 Å². The van der Waals surface area contributed by atoms with Gasteiger partial charge >= 0.3 is 0 Å². The molecule has 0 aliphatic heterocycles. The molecule has 1 heterocycles. The number of aryl methyl sites for hydroxylation is 3. The minimum absolute atomic E-state index is 0.267. The van der Waals surface area contributed by atoms with Gasteiger partial charge in [0.15, 0.2) is 0 Å². The van der Waals surface area contributed by atoms with Crippen molar-refractivity contribution in [2.24, 2.45) is 5.10 Å². The number of aromatic nitrogens is 1. The van der Waals surface area contributed by atoms with Gasteiger partial charge in [-0.3, -0.25) is 9.78 Å². The lowest BCUT2D eigenvalue weighted by atomic mass is 10.0. The second-order valence-electron chi connectivity index (χ2n) is 4.75. The zero-order valence-electron chi connectivity index (χ0n) is 11.8. The summed E-state index contributed by atoms with van der Waals surface area (Å²) >= 11 is 0. The van der Waals surface area contributed by atoms with Crippen molar-refractivity contribution in [2.45, 2.75) is 20.8 Å². The highest BCUT2D eigenvalue weighted by Gasteiger charge is 2.04. The highest BCUT2D eigenvalue weighted by atomic mass is 16.2. The molecule has 2 rings (SSSR count). The Hall–Kier alpha value is -2.49. The maximum atomic E-state index is 11.8. The quantitative estimate of drug-likeness (QED) is 0.686. The molecule has 0 radical (unpaired) electrons. The summed E-state index contributed by atoms with van der Waals surface area (Å²) in [7, 11) is 0. The summed E-state index contributed by atoms with van der Waals surface area (Å²) in [4.78, 5) is 15.7. The second kappa shape index (κ2) is 6.10. The monoisotopic (exact) mass is 267 g/mol. The molecule has 0 aliphatic rings. The molecule has 0 saturated carbocycles. The smallest absolute Gasteiger partial charge is 0.267 e. The molecule has 20 heavy (non-hydrogen) atoms. The predicted molar refractivity (Wildman–Crippen MR) is 80.0 cm³/mol. The van der Waals surface area contributed by atoms with Crippen LogP contribution in [0.25, 0.3) is 0 Å². The lowest BCUT2D eigenvalue weighted by Crippen LogP contribution is -2.17. The summed E-state index contributed by atoms with van der Waals surface area (Å²) in [6.45, 7) is 6.12. The van der Waals surface area contributed by atoms with Gasteiger partial charge in [0, 0.05) is 18.0 Å². The largest absolute Gasteiger partial charge is 0.272 e. The van der Waals surface area contributed by atoms with Crippen LogP contribution >= 0.6 is 0 Å². The average Bonchev–Trinajstić information content (AvgIpc) is 2.42. The Bertz CT molecular complexity index is 625. The van der Waals surface area contributed by atoms with Crippen molar-refractivity contribution in [2.75, 3.05) is 0 Å². The molecule has 0 unspecified atom stereocenters. The summed E-state index contributed by atoms with van der Waals surface area (Å²) in [5, 5.41) is 4.02. The van der Waals surface area contributed by atoms with Gasteiger partial charge in [0.1, 0.15) is 0 Å². The van der Waals surface area contributed by atoms with Crippen LogP contribution in [0.2, 0.25) is 0 Å². The molecule has 2 aromatic rings. The van der Waals surface area contributed by atoms with Crippen molar-refractivity contribution in [3.63, 3.8) is 0 Å². The molecule has 1 N–H and O–H groups in total. The van der Waals surface area contributed by atoms with E-state index in [1.807, 2.05) is 13.8 Å². The summed E-state index contributed by atoms with van der Waals surface area (Å²) in [6.07, 6.45) is 4.81. The molecule has 0 atom stereocenters.